The van der Waals surface area contributed by atoms with E-state index in [1.807, 2.05) is 4.72 Å². The van der Waals surface area contributed by atoms with Crippen molar-refractivity contribution in [3.8, 4) is 5.88 Å². The molecule has 0 atom stereocenters. The molecule has 8 nitrogen and oxygen atoms in total. The number of fused-ring (bicyclic) bond motifs is 1. The van der Waals surface area contributed by atoms with Crippen molar-refractivity contribution in [1.82, 2.24) is 15.2 Å². The van der Waals surface area contributed by atoms with E-state index in [-0.39, 0.29) is 12.3 Å². The summed E-state index contributed by atoms with van der Waals surface area (Å²) in [5, 5.41) is 7.00. The largest absolute Gasteiger partial charge is 0.479 e. The number of halogens is 3. The molecule has 1 aromatic carbocycles. The average Bonchev–Trinajstić information content (AvgIpc) is 3.11. The summed E-state index contributed by atoms with van der Waals surface area (Å²) >= 11 is 0. The SMILES string of the molecule is COc1n[nH]c2ncc(CC(=O)c3c(F)ccc(NS(=O)(=O)CCCF)c3F)cc12. The molecule has 0 spiro atoms. The molecule has 3 rings (SSSR count). The fourth-order valence-corrected chi connectivity index (χ4v) is 3.88. The molecule has 0 aliphatic rings. The zero-order valence-electron chi connectivity index (χ0n) is 15.7. The Bertz CT molecular complexity index is 1200. The summed E-state index contributed by atoms with van der Waals surface area (Å²) in [6.07, 6.45) is 0.664. The van der Waals surface area contributed by atoms with E-state index < -0.39 is 57.5 Å². The normalized spacial score (nSPS) is 11.6. The zero-order chi connectivity index (χ0) is 21.9. The van der Waals surface area contributed by atoms with Gasteiger partial charge < -0.3 is 4.74 Å². The third-order valence-corrected chi connectivity index (χ3v) is 5.54. The van der Waals surface area contributed by atoms with E-state index in [4.69, 9.17) is 4.74 Å². The number of nitrogens with one attached hydrogen (secondary N) is 2. The van der Waals surface area contributed by atoms with E-state index in [0.717, 1.165) is 12.1 Å². The van der Waals surface area contributed by atoms with E-state index >= 15 is 0 Å². The molecule has 2 aromatic heterocycles. The van der Waals surface area contributed by atoms with Crippen molar-refractivity contribution < 1.29 is 31.1 Å². The topological polar surface area (TPSA) is 114 Å². The Hall–Kier alpha value is -3.15. The smallest absolute Gasteiger partial charge is 0.241 e. The van der Waals surface area contributed by atoms with Crippen LogP contribution in [0.15, 0.2) is 24.4 Å². The number of alkyl halides is 1. The quantitative estimate of drug-likeness (QED) is 0.493. The van der Waals surface area contributed by atoms with Gasteiger partial charge in [0, 0.05) is 12.6 Å². The summed E-state index contributed by atoms with van der Waals surface area (Å²) in [5.41, 5.74) is -0.728. The van der Waals surface area contributed by atoms with Crippen molar-refractivity contribution in [2.45, 2.75) is 12.8 Å². The lowest BCUT2D eigenvalue weighted by atomic mass is 10.0. The fourth-order valence-electron chi connectivity index (χ4n) is 2.80. The third kappa shape index (κ3) is 4.53. The first kappa shape index (κ1) is 21.6. The van der Waals surface area contributed by atoms with Crippen LogP contribution in [-0.2, 0) is 16.4 Å². The molecule has 0 amide bonds. The van der Waals surface area contributed by atoms with Crippen LogP contribution in [-0.4, -0.2) is 48.9 Å². The summed E-state index contributed by atoms with van der Waals surface area (Å²) in [5.74, 6) is -3.74. The second-order valence-electron chi connectivity index (χ2n) is 6.32. The van der Waals surface area contributed by atoms with Crippen molar-refractivity contribution in [1.29, 1.82) is 0 Å². The number of sulfonamides is 1. The molecule has 0 aliphatic heterocycles. The minimum absolute atomic E-state index is 0.244. The van der Waals surface area contributed by atoms with Crippen LogP contribution in [0.2, 0.25) is 0 Å². The second kappa shape index (κ2) is 8.69. The molecule has 30 heavy (non-hydrogen) atoms. The first-order valence-electron chi connectivity index (χ1n) is 8.70. The number of H-pyrrole nitrogens is 1. The van der Waals surface area contributed by atoms with E-state index in [9.17, 15) is 26.4 Å². The van der Waals surface area contributed by atoms with Crippen molar-refractivity contribution in [2.24, 2.45) is 0 Å². The third-order valence-electron chi connectivity index (χ3n) is 4.18. The Morgan fingerprint density at radius 1 is 1.30 bits per heavy atom. The number of aromatic nitrogens is 3. The molecule has 12 heteroatoms. The summed E-state index contributed by atoms with van der Waals surface area (Å²) in [6.45, 7) is -0.865. The highest BCUT2D eigenvalue weighted by Gasteiger charge is 2.23. The van der Waals surface area contributed by atoms with E-state index in [0.29, 0.717) is 16.6 Å². The monoisotopic (exact) mass is 442 g/mol. The van der Waals surface area contributed by atoms with Crippen LogP contribution in [0.25, 0.3) is 11.0 Å². The minimum Gasteiger partial charge on any atom is -0.479 e. The van der Waals surface area contributed by atoms with Crippen molar-refractivity contribution >= 4 is 32.5 Å². The number of carbonyl (C=O) groups excluding carboxylic acids is 1. The standard InChI is InChI=1S/C18H17F3N4O4S/c1-29-18-11-7-10(9-22-17(11)23-24-18)8-14(26)15-12(20)3-4-13(16(15)21)25-30(27,28)6-2-5-19/h3-4,7,9,25H,2,5-6,8H2,1H3,(H,22,23,24). The average molecular weight is 442 g/mol. The van der Waals surface area contributed by atoms with E-state index in [1.54, 1.807) is 6.07 Å². The van der Waals surface area contributed by atoms with Gasteiger partial charge in [0.15, 0.2) is 17.2 Å². The van der Waals surface area contributed by atoms with Crippen LogP contribution >= 0.6 is 0 Å². The molecule has 0 fully saturated rings. The number of nitrogens with zero attached hydrogens (tertiary/aromatic N) is 2. The molecular weight excluding hydrogens is 425 g/mol. The van der Waals surface area contributed by atoms with Gasteiger partial charge in [-0.1, -0.05) is 0 Å². The number of pyridine rings is 1. The van der Waals surface area contributed by atoms with Gasteiger partial charge >= 0.3 is 0 Å². The number of hydrogen-bond donors (Lipinski definition) is 2. The number of anilines is 1. The van der Waals surface area contributed by atoms with Crippen LogP contribution in [0.5, 0.6) is 5.88 Å². The van der Waals surface area contributed by atoms with E-state index in [1.165, 1.54) is 13.3 Å². The number of aromatic amines is 1. The van der Waals surface area contributed by atoms with Gasteiger partial charge in [-0.2, -0.15) is 0 Å². The highest BCUT2D eigenvalue weighted by molar-refractivity contribution is 7.92. The molecule has 0 saturated carbocycles. The van der Waals surface area contributed by atoms with Gasteiger partial charge in [0.2, 0.25) is 15.9 Å². The molecule has 0 aliphatic carbocycles. The maximum absolute atomic E-state index is 14.7. The molecular formula is C18H17F3N4O4S. The number of ketones is 1. The maximum Gasteiger partial charge on any atom is 0.241 e. The molecule has 0 bridgehead atoms. The summed E-state index contributed by atoms with van der Waals surface area (Å²) in [6, 6.07) is 3.18. The predicted octanol–water partition coefficient (Wildman–Crippen LogP) is 2.77. The van der Waals surface area contributed by atoms with Crippen LogP contribution < -0.4 is 9.46 Å². The number of rotatable bonds is 9. The molecule has 0 radical (unpaired) electrons. The minimum atomic E-state index is -4.06. The van der Waals surface area contributed by atoms with Crippen molar-refractivity contribution in [3.05, 3.63) is 47.2 Å². The van der Waals surface area contributed by atoms with Crippen molar-refractivity contribution in [3.63, 3.8) is 0 Å². The van der Waals surface area contributed by atoms with Gasteiger partial charge in [-0.05, 0) is 30.2 Å². The van der Waals surface area contributed by atoms with Crippen LogP contribution in [0, 0.1) is 11.6 Å². The number of hydrogen-bond acceptors (Lipinski definition) is 6. The number of ether oxygens (including phenoxy) is 1. The maximum atomic E-state index is 14.7. The molecule has 2 N–H and O–H groups in total. The number of benzene rings is 1. The summed E-state index contributed by atoms with van der Waals surface area (Å²) in [7, 11) is -2.66. The first-order valence-corrected chi connectivity index (χ1v) is 10.4. The van der Waals surface area contributed by atoms with Crippen molar-refractivity contribution in [2.75, 3.05) is 24.3 Å². The summed E-state index contributed by atoms with van der Waals surface area (Å²) < 4.78 is 71.9. The lowest BCUT2D eigenvalue weighted by Gasteiger charge is -2.11. The van der Waals surface area contributed by atoms with Gasteiger partial charge in [-0.15, -0.1) is 5.10 Å². The first-order chi connectivity index (χ1) is 14.3. The van der Waals surface area contributed by atoms with Gasteiger partial charge in [-0.3, -0.25) is 19.0 Å². The van der Waals surface area contributed by atoms with Gasteiger partial charge in [0.05, 0.1) is 36.2 Å². The lowest BCUT2D eigenvalue weighted by Crippen LogP contribution is -2.19. The molecule has 0 saturated heterocycles. The lowest BCUT2D eigenvalue weighted by molar-refractivity contribution is 0.0985. The Morgan fingerprint density at radius 2 is 2.07 bits per heavy atom. The number of carbonyl (C=O) groups is 1. The Morgan fingerprint density at radius 3 is 2.77 bits per heavy atom. The van der Waals surface area contributed by atoms with Crippen LogP contribution in [0.1, 0.15) is 22.3 Å². The molecule has 0 unspecified atom stereocenters. The molecule has 2 heterocycles. The predicted molar refractivity (Wildman–Crippen MR) is 103 cm³/mol. The summed E-state index contributed by atoms with van der Waals surface area (Å²) in [4.78, 5) is 16.7. The Kier molecular flexibility index (Phi) is 6.25. The highest BCUT2D eigenvalue weighted by atomic mass is 32.2. The second-order valence-corrected chi connectivity index (χ2v) is 8.16. The zero-order valence-corrected chi connectivity index (χ0v) is 16.5. The molecule has 3 aromatic rings. The highest BCUT2D eigenvalue weighted by Crippen LogP contribution is 2.26. The van der Waals surface area contributed by atoms with Crippen LogP contribution in [0.4, 0.5) is 18.9 Å². The van der Waals surface area contributed by atoms with Gasteiger partial charge in [0.25, 0.3) is 0 Å². The van der Waals surface area contributed by atoms with Gasteiger partial charge in [-0.25, -0.2) is 22.2 Å². The fraction of sp³-hybridized carbons (Fsp3) is 0.278. The van der Waals surface area contributed by atoms with E-state index in [2.05, 4.69) is 15.2 Å². The number of methoxy groups -OCH3 is 1. The van der Waals surface area contributed by atoms with Gasteiger partial charge in [0.1, 0.15) is 5.82 Å². The Labute approximate surface area is 169 Å². The number of Topliss-reactive ketones (excluding diaryl/α,β-unsaturated/α-hetero) is 1. The Balaban J connectivity index is 1.88. The van der Waals surface area contributed by atoms with Crippen LogP contribution in [0.3, 0.4) is 0 Å². The molecule has 160 valence electrons.